The molecule has 1 aromatic carbocycles. The minimum absolute atomic E-state index is 0.00662. The fourth-order valence-corrected chi connectivity index (χ4v) is 2.76. The van der Waals surface area contributed by atoms with Crippen molar-refractivity contribution in [2.45, 2.75) is 24.8 Å². The van der Waals surface area contributed by atoms with Gasteiger partial charge in [-0.25, -0.2) is 0 Å². The summed E-state index contributed by atoms with van der Waals surface area (Å²) in [5.74, 6) is 0.00662. The normalized spacial score (nSPS) is 27.1. The van der Waals surface area contributed by atoms with Crippen LogP contribution >= 0.6 is 0 Å². The molecule has 1 amide bonds. The molecule has 96 valence electrons. The van der Waals surface area contributed by atoms with Gasteiger partial charge in [0.2, 0.25) is 5.91 Å². The van der Waals surface area contributed by atoms with Gasteiger partial charge in [-0.15, -0.1) is 0 Å². The predicted octanol–water partition coefficient (Wildman–Crippen LogP) is 1.08. The number of nitrogens with zero attached hydrogens (tertiary/aromatic N) is 1. The largest absolute Gasteiger partial charge is 0.379 e. The van der Waals surface area contributed by atoms with Gasteiger partial charge in [0, 0.05) is 18.8 Å². The summed E-state index contributed by atoms with van der Waals surface area (Å²) in [6.07, 6.45) is 2.65. The van der Waals surface area contributed by atoms with Crippen molar-refractivity contribution in [1.29, 1.82) is 0 Å². The highest BCUT2D eigenvalue weighted by Crippen LogP contribution is 2.30. The molecular formula is C14H18N2O2. The number of fused-ring (bicyclic) bond motifs is 1. The Morgan fingerprint density at radius 3 is 3.00 bits per heavy atom. The lowest BCUT2D eigenvalue weighted by molar-refractivity contribution is -0.123. The Morgan fingerprint density at radius 1 is 1.39 bits per heavy atom. The topological polar surface area (TPSA) is 55.6 Å². The summed E-state index contributed by atoms with van der Waals surface area (Å²) in [4.78, 5) is 14.4. The molecule has 1 atom stereocenters. The molecule has 0 radical (unpaired) electrons. The fraction of sp³-hybridized carbons (Fsp3) is 0.500. The van der Waals surface area contributed by atoms with Crippen LogP contribution in [0.1, 0.15) is 18.4 Å². The van der Waals surface area contributed by atoms with Crippen molar-refractivity contribution in [3.63, 3.8) is 0 Å². The molecule has 4 heteroatoms. The van der Waals surface area contributed by atoms with Crippen LogP contribution < -0.4 is 10.6 Å². The predicted molar refractivity (Wildman–Crippen MR) is 69.5 cm³/mol. The van der Waals surface area contributed by atoms with E-state index in [1.165, 1.54) is 5.56 Å². The van der Waals surface area contributed by atoms with Crippen molar-refractivity contribution in [2.75, 3.05) is 24.7 Å². The third kappa shape index (κ3) is 1.82. The SMILES string of the molecule is NC1(C(=O)N2CCCc3ccccc32)CCOC1. The lowest BCUT2D eigenvalue weighted by atomic mass is 9.94. The number of anilines is 1. The van der Waals surface area contributed by atoms with Crippen molar-refractivity contribution in [3.8, 4) is 0 Å². The number of ether oxygens (including phenoxy) is 1. The summed E-state index contributed by atoms with van der Waals surface area (Å²) in [7, 11) is 0. The van der Waals surface area contributed by atoms with Crippen LogP contribution in [-0.4, -0.2) is 31.2 Å². The quantitative estimate of drug-likeness (QED) is 0.807. The van der Waals surface area contributed by atoms with Crippen LogP contribution in [0.4, 0.5) is 5.69 Å². The van der Waals surface area contributed by atoms with Gasteiger partial charge in [-0.2, -0.15) is 0 Å². The van der Waals surface area contributed by atoms with Crippen LogP contribution in [0.5, 0.6) is 0 Å². The average Bonchev–Trinajstić information content (AvgIpc) is 2.85. The number of carbonyl (C=O) groups excluding carboxylic acids is 1. The first kappa shape index (κ1) is 11.7. The Labute approximate surface area is 107 Å². The van der Waals surface area contributed by atoms with Crippen molar-refractivity contribution in [3.05, 3.63) is 29.8 Å². The molecule has 2 aliphatic rings. The smallest absolute Gasteiger partial charge is 0.249 e. The van der Waals surface area contributed by atoms with Gasteiger partial charge < -0.3 is 15.4 Å². The maximum Gasteiger partial charge on any atom is 0.249 e. The minimum Gasteiger partial charge on any atom is -0.379 e. The van der Waals surface area contributed by atoms with Gasteiger partial charge in [0.1, 0.15) is 5.54 Å². The van der Waals surface area contributed by atoms with Crippen molar-refractivity contribution < 1.29 is 9.53 Å². The molecule has 1 aromatic rings. The molecule has 3 rings (SSSR count). The number of amides is 1. The monoisotopic (exact) mass is 246 g/mol. The Hall–Kier alpha value is -1.39. The summed E-state index contributed by atoms with van der Waals surface area (Å²) >= 11 is 0. The van der Waals surface area contributed by atoms with Gasteiger partial charge in [-0.3, -0.25) is 4.79 Å². The molecule has 1 saturated heterocycles. The number of carbonyl (C=O) groups is 1. The van der Waals surface area contributed by atoms with E-state index in [0.29, 0.717) is 19.6 Å². The Bertz CT molecular complexity index is 467. The molecule has 4 nitrogen and oxygen atoms in total. The number of para-hydroxylation sites is 1. The zero-order chi connectivity index (χ0) is 12.6. The average molecular weight is 246 g/mol. The summed E-state index contributed by atoms with van der Waals surface area (Å²) in [6, 6.07) is 8.08. The van der Waals surface area contributed by atoms with E-state index in [2.05, 4.69) is 6.07 Å². The second kappa shape index (κ2) is 4.37. The molecule has 1 unspecified atom stereocenters. The van der Waals surface area contributed by atoms with E-state index in [1.54, 1.807) is 0 Å². The molecule has 0 spiro atoms. The Kier molecular flexibility index (Phi) is 2.84. The van der Waals surface area contributed by atoms with Crippen LogP contribution in [0.2, 0.25) is 0 Å². The second-order valence-electron chi connectivity index (χ2n) is 5.15. The molecule has 2 N–H and O–H groups in total. The molecule has 2 aliphatic heterocycles. The van der Waals surface area contributed by atoms with Crippen molar-refractivity contribution in [1.82, 2.24) is 0 Å². The van der Waals surface area contributed by atoms with E-state index >= 15 is 0 Å². The van der Waals surface area contributed by atoms with Crippen LogP contribution in [0, 0.1) is 0 Å². The van der Waals surface area contributed by atoms with Crippen molar-refractivity contribution >= 4 is 11.6 Å². The highest BCUT2D eigenvalue weighted by Gasteiger charge is 2.42. The first-order valence-electron chi connectivity index (χ1n) is 6.47. The van der Waals surface area contributed by atoms with Crippen LogP contribution in [0.3, 0.4) is 0 Å². The number of rotatable bonds is 1. The lowest BCUT2D eigenvalue weighted by Gasteiger charge is -2.34. The summed E-state index contributed by atoms with van der Waals surface area (Å²) in [5, 5.41) is 0. The van der Waals surface area contributed by atoms with E-state index in [9.17, 15) is 4.79 Å². The second-order valence-corrected chi connectivity index (χ2v) is 5.15. The standard InChI is InChI=1S/C14H18N2O2/c15-14(7-9-18-10-14)13(17)16-8-3-5-11-4-1-2-6-12(11)16/h1-2,4,6H,3,5,7-10,15H2. The summed E-state index contributed by atoms with van der Waals surface area (Å²) < 4.78 is 5.29. The zero-order valence-electron chi connectivity index (χ0n) is 10.4. The van der Waals surface area contributed by atoms with E-state index in [-0.39, 0.29) is 5.91 Å². The minimum atomic E-state index is -0.829. The molecule has 0 bridgehead atoms. The molecule has 18 heavy (non-hydrogen) atoms. The zero-order valence-corrected chi connectivity index (χ0v) is 10.4. The first-order valence-corrected chi connectivity index (χ1v) is 6.47. The van der Waals surface area contributed by atoms with Crippen LogP contribution in [-0.2, 0) is 16.0 Å². The molecule has 2 heterocycles. The molecule has 0 aliphatic carbocycles. The van der Waals surface area contributed by atoms with Crippen LogP contribution in [0.25, 0.3) is 0 Å². The molecule has 1 fully saturated rings. The number of nitrogens with two attached hydrogens (primary N) is 1. The highest BCUT2D eigenvalue weighted by atomic mass is 16.5. The number of hydrogen-bond donors (Lipinski definition) is 1. The van der Waals surface area contributed by atoms with E-state index in [0.717, 1.165) is 25.1 Å². The van der Waals surface area contributed by atoms with Gasteiger partial charge in [0.25, 0.3) is 0 Å². The maximum atomic E-state index is 12.6. The van der Waals surface area contributed by atoms with E-state index in [1.807, 2.05) is 23.1 Å². The number of aryl methyl sites for hydroxylation is 1. The molecule has 0 saturated carbocycles. The third-order valence-electron chi connectivity index (χ3n) is 3.83. The lowest BCUT2D eigenvalue weighted by Crippen LogP contribution is -2.57. The Morgan fingerprint density at radius 2 is 2.22 bits per heavy atom. The summed E-state index contributed by atoms with van der Waals surface area (Å²) in [6.45, 7) is 1.68. The summed E-state index contributed by atoms with van der Waals surface area (Å²) in [5.41, 5.74) is 7.60. The molecule has 0 aromatic heterocycles. The van der Waals surface area contributed by atoms with Gasteiger partial charge in [0.05, 0.1) is 6.61 Å². The van der Waals surface area contributed by atoms with Crippen molar-refractivity contribution in [2.24, 2.45) is 5.73 Å². The van der Waals surface area contributed by atoms with Crippen LogP contribution in [0.15, 0.2) is 24.3 Å². The highest BCUT2D eigenvalue weighted by molar-refractivity contribution is 6.01. The van der Waals surface area contributed by atoms with Gasteiger partial charge in [0.15, 0.2) is 0 Å². The van der Waals surface area contributed by atoms with Gasteiger partial charge >= 0.3 is 0 Å². The number of benzene rings is 1. The van der Waals surface area contributed by atoms with Gasteiger partial charge in [-0.1, -0.05) is 18.2 Å². The Balaban J connectivity index is 1.92. The maximum absolute atomic E-state index is 12.6. The first-order chi connectivity index (χ1) is 8.71. The van der Waals surface area contributed by atoms with E-state index in [4.69, 9.17) is 10.5 Å². The van der Waals surface area contributed by atoms with E-state index < -0.39 is 5.54 Å². The molecular weight excluding hydrogens is 228 g/mol. The number of hydrogen-bond acceptors (Lipinski definition) is 3. The third-order valence-corrected chi connectivity index (χ3v) is 3.83. The fourth-order valence-electron chi connectivity index (χ4n) is 2.76. The van der Waals surface area contributed by atoms with Gasteiger partial charge in [-0.05, 0) is 30.9 Å².